The van der Waals surface area contributed by atoms with Gasteiger partial charge in [0, 0.05) is 0 Å². The number of amides is 2. The molecule has 2 aromatic carbocycles. The summed E-state index contributed by atoms with van der Waals surface area (Å²) in [5, 5.41) is 0. The third kappa shape index (κ3) is 2.27. The van der Waals surface area contributed by atoms with Gasteiger partial charge in [-0.15, -0.1) is 6.58 Å². The minimum Gasteiger partial charge on any atom is -0.269 e. The van der Waals surface area contributed by atoms with Crippen molar-refractivity contribution in [1.29, 1.82) is 0 Å². The average molecular weight is 277 g/mol. The molecule has 1 aliphatic rings. The SMILES string of the molecule is C=C[C@H](Cc1ccccc1)N1C(=O)c2ccccc2C1=O. The fourth-order valence-corrected chi connectivity index (χ4v) is 2.64. The van der Waals surface area contributed by atoms with Crippen LogP contribution in [0.4, 0.5) is 0 Å². The van der Waals surface area contributed by atoms with Crippen molar-refractivity contribution in [2.24, 2.45) is 0 Å². The summed E-state index contributed by atoms with van der Waals surface area (Å²) in [4.78, 5) is 26.2. The summed E-state index contributed by atoms with van der Waals surface area (Å²) < 4.78 is 0. The maximum atomic E-state index is 12.5. The van der Waals surface area contributed by atoms with E-state index in [1.165, 1.54) is 4.90 Å². The van der Waals surface area contributed by atoms with Gasteiger partial charge in [-0.2, -0.15) is 0 Å². The van der Waals surface area contributed by atoms with E-state index in [-0.39, 0.29) is 17.9 Å². The highest BCUT2D eigenvalue weighted by Gasteiger charge is 2.38. The summed E-state index contributed by atoms with van der Waals surface area (Å²) in [6.07, 6.45) is 2.24. The van der Waals surface area contributed by atoms with Gasteiger partial charge in [-0.05, 0) is 24.1 Å². The third-order valence-corrected chi connectivity index (χ3v) is 3.72. The number of hydrogen-bond acceptors (Lipinski definition) is 2. The van der Waals surface area contributed by atoms with Crippen molar-refractivity contribution in [3.8, 4) is 0 Å². The van der Waals surface area contributed by atoms with Crippen LogP contribution in [0.5, 0.6) is 0 Å². The number of rotatable bonds is 4. The molecule has 0 aliphatic carbocycles. The standard InChI is InChI=1S/C18H15NO2/c1-2-14(12-13-8-4-3-5-9-13)19-17(20)15-10-6-7-11-16(15)18(19)21/h2-11,14H,1,12H2/t14-/m1/s1. The number of benzene rings is 2. The van der Waals surface area contributed by atoms with Crippen molar-refractivity contribution < 1.29 is 9.59 Å². The molecule has 0 radical (unpaired) electrons. The number of hydrogen-bond donors (Lipinski definition) is 0. The van der Waals surface area contributed by atoms with Crippen molar-refractivity contribution in [3.63, 3.8) is 0 Å². The first-order chi connectivity index (χ1) is 10.2. The Balaban J connectivity index is 1.91. The first-order valence-electron chi connectivity index (χ1n) is 6.86. The van der Waals surface area contributed by atoms with Crippen LogP contribution in [0.15, 0.2) is 67.3 Å². The first kappa shape index (κ1) is 13.3. The predicted octanol–water partition coefficient (Wildman–Crippen LogP) is 3.08. The largest absolute Gasteiger partial charge is 0.269 e. The Morgan fingerprint density at radius 3 is 1.95 bits per heavy atom. The maximum Gasteiger partial charge on any atom is 0.262 e. The second-order valence-corrected chi connectivity index (χ2v) is 5.02. The van der Waals surface area contributed by atoms with E-state index >= 15 is 0 Å². The highest BCUT2D eigenvalue weighted by atomic mass is 16.2. The maximum absolute atomic E-state index is 12.5. The molecule has 0 saturated carbocycles. The van der Waals surface area contributed by atoms with Crippen LogP contribution in [-0.2, 0) is 6.42 Å². The van der Waals surface area contributed by atoms with Crippen LogP contribution in [0.3, 0.4) is 0 Å². The predicted molar refractivity (Wildman–Crippen MR) is 81.1 cm³/mol. The van der Waals surface area contributed by atoms with E-state index < -0.39 is 0 Å². The number of nitrogens with zero attached hydrogens (tertiary/aromatic N) is 1. The van der Waals surface area contributed by atoms with Gasteiger partial charge in [0.15, 0.2) is 0 Å². The van der Waals surface area contributed by atoms with Gasteiger partial charge in [0.25, 0.3) is 11.8 Å². The molecule has 3 rings (SSSR count). The summed E-state index contributed by atoms with van der Waals surface area (Å²) >= 11 is 0. The number of carbonyl (C=O) groups is 2. The van der Waals surface area contributed by atoms with E-state index in [4.69, 9.17) is 0 Å². The van der Waals surface area contributed by atoms with Crippen LogP contribution >= 0.6 is 0 Å². The molecule has 2 amide bonds. The van der Waals surface area contributed by atoms with Gasteiger partial charge in [-0.3, -0.25) is 14.5 Å². The van der Waals surface area contributed by atoms with Gasteiger partial charge in [0.2, 0.25) is 0 Å². The smallest absolute Gasteiger partial charge is 0.262 e. The summed E-state index contributed by atoms with van der Waals surface area (Å²) in [5.41, 5.74) is 2.02. The lowest BCUT2D eigenvalue weighted by Crippen LogP contribution is -2.39. The van der Waals surface area contributed by atoms with Crippen molar-refractivity contribution in [3.05, 3.63) is 83.9 Å². The molecular weight excluding hydrogens is 262 g/mol. The van der Waals surface area contributed by atoms with E-state index in [1.54, 1.807) is 30.3 Å². The van der Waals surface area contributed by atoms with E-state index in [2.05, 4.69) is 6.58 Å². The van der Waals surface area contributed by atoms with Gasteiger partial charge in [0.05, 0.1) is 17.2 Å². The van der Waals surface area contributed by atoms with Crippen LogP contribution in [0.25, 0.3) is 0 Å². The summed E-state index contributed by atoms with van der Waals surface area (Å²) in [6.45, 7) is 3.79. The second-order valence-electron chi connectivity index (χ2n) is 5.02. The van der Waals surface area contributed by atoms with E-state index in [9.17, 15) is 9.59 Å². The fraction of sp³-hybridized carbons (Fsp3) is 0.111. The summed E-state index contributed by atoms with van der Waals surface area (Å²) in [5.74, 6) is -0.479. The minimum atomic E-state index is -0.334. The van der Waals surface area contributed by atoms with Gasteiger partial charge < -0.3 is 0 Å². The molecular formula is C18H15NO2. The van der Waals surface area contributed by atoms with Crippen LogP contribution in [0.1, 0.15) is 26.3 Å². The number of imide groups is 1. The lowest BCUT2D eigenvalue weighted by Gasteiger charge is -2.23. The Kier molecular flexibility index (Phi) is 3.40. The van der Waals surface area contributed by atoms with Crippen molar-refractivity contribution in [2.45, 2.75) is 12.5 Å². The second kappa shape index (κ2) is 5.37. The molecule has 0 fully saturated rings. The zero-order valence-electron chi connectivity index (χ0n) is 11.5. The van der Waals surface area contributed by atoms with Crippen molar-refractivity contribution in [2.75, 3.05) is 0 Å². The van der Waals surface area contributed by atoms with Crippen molar-refractivity contribution in [1.82, 2.24) is 4.90 Å². The molecule has 2 aromatic rings. The van der Waals surface area contributed by atoms with E-state index in [0.717, 1.165) is 5.56 Å². The Morgan fingerprint density at radius 2 is 1.43 bits per heavy atom. The zero-order valence-corrected chi connectivity index (χ0v) is 11.5. The molecule has 0 spiro atoms. The molecule has 3 heteroatoms. The van der Waals surface area contributed by atoms with Crippen LogP contribution in [0, 0.1) is 0 Å². The lowest BCUT2D eigenvalue weighted by atomic mass is 10.0. The Hall–Kier alpha value is -2.68. The van der Waals surface area contributed by atoms with Crippen LogP contribution in [-0.4, -0.2) is 22.8 Å². The summed E-state index contributed by atoms with van der Waals surface area (Å²) in [7, 11) is 0. The van der Waals surface area contributed by atoms with Crippen LogP contribution in [0.2, 0.25) is 0 Å². The summed E-state index contributed by atoms with van der Waals surface area (Å²) in [6, 6.07) is 16.4. The fourth-order valence-electron chi connectivity index (χ4n) is 2.64. The molecule has 1 heterocycles. The molecule has 21 heavy (non-hydrogen) atoms. The molecule has 104 valence electrons. The molecule has 1 atom stereocenters. The van der Waals surface area contributed by atoms with Gasteiger partial charge >= 0.3 is 0 Å². The molecule has 0 bridgehead atoms. The lowest BCUT2D eigenvalue weighted by molar-refractivity contribution is 0.0615. The highest BCUT2D eigenvalue weighted by molar-refractivity contribution is 6.21. The third-order valence-electron chi connectivity index (χ3n) is 3.72. The highest BCUT2D eigenvalue weighted by Crippen LogP contribution is 2.26. The van der Waals surface area contributed by atoms with E-state index in [0.29, 0.717) is 17.5 Å². The molecule has 3 nitrogen and oxygen atoms in total. The molecule has 0 unspecified atom stereocenters. The van der Waals surface area contributed by atoms with E-state index in [1.807, 2.05) is 30.3 Å². The monoisotopic (exact) mass is 277 g/mol. The normalized spacial score (nSPS) is 15.0. The zero-order chi connectivity index (χ0) is 14.8. The van der Waals surface area contributed by atoms with Crippen LogP contribution < -0.4 is 0 Å². The van der Waals surface area contributed by atoms with Gasteiger partial charge in [-0.1, -0.05) is 48.5 Å². The number of carbonyl (C=O) groups excluding carboxylic acids is 2. The molecule has 0 saturated heterocycles. The van der Waals surface area contributed by atoms with Gasteiger partial charge in [-0.25, -0.2) is 0 Å². The molecule has 0 N–H and O–H groups in total. The Labute approximate surface area is 123 Å². The quantitative estimate of drug-likeness (QED) is 0.636. The molecule has 1 aliphatic heterocycles. The topological polar surface area (TPSA) is 37.4 Å². The van der Waals surface area contributed by atoms with Crippen molar-refractivity contribution >= 4 is 11.8 Å². The first-order valence-corrected chi connectivity index (χ1v) is 6.86. The average Bonchev–Trinajstić information content (AvgIpc) is 2.78. The minimum absolute atomic E-state index is 0.239. The Morgan fingerprint density at radius 1 is 0.905 bits per heavy atom. The molecule has 0 aromatic heterocycles. The number of fused-ring (bicyclic) bond motifs is 1. The Bertz CT molecular complexity index is 671. The van der Waals surface area contributed by atoms with Gasteiger partial charge in [0.1, 0.15) is 0 Å².